The smallest absolute Gasteiger partial charge is 0.0317 e. The Balaban J connectivity index is 2.55. The second kappa shape index (κ2) is 4.94. The van der Waals surface area contributed by atoms with Crippen LogP contribution >= 0.6 is 0 Å². The molecule has 0 unspecified atom stereocenters. The lowest BCUT2D eigenvalue weighted by Gasteiger charge is -2.10. The molecule has 0 saturated carbocycles. The Labute approximate surface area is 74.9 Å². The van der Waals surface area contributed by atoms with E-state index in [1.54, 1.807) is 0 Å². The predicted octanol–water partition coefficient (Wildman–Crippen LogP) is 2.43. The number of rotatable bonds is 3. The van der Waals surface area contributed by atoms with E-state index in [0.717, 1.165) is 6.54 Å². The summed E-state index contributed by atoms with van der Waals surface area (Å²) in [5, 5.41) is 3.46. The van der Waals surface area contributed by atoms with Crippen LogP contribution < -0.4 is 5.32 Å². The molecular formula is C11H17N. The zero-order valence-corrected chi connectivity index (χ0v) is 7.72. The molecule has 0 aromatic carbocycles. The molecule has 66 valence electrons. The number of nitrogens with one attached hydrogen (secondary N) is 1. The van der Waals surface area contributed by atoms with Gasteiger partial charge in [-0.3, -0.25) is 0 Å². The monoisotopic (exact) mass is 163 g/mol. The zero-order chi connectivity index (χ0) is 8.81. The van der Waals surface area contributed by atoms with E-state index < -0.39 is 0 Å². The van der Waals surface area contributed by atoms with Gasteiger partial charge in [-0.15, -0.1) is 0 Å². The van der Waals surface area contributed by atoms with Gasteiger partial charge in [-0.2, -0.15) is 0 Å². The summed E-state index contributed by atoms with van der Waals surface area (Å²) in [5.74, 6) is 0. The van der Waals surface area contributed by atoms with Gasteiger partial charge in [0, 0.05) is 6.04 Å². The molecule has 1 saturated heterocycles. The fourth-order valence-electron chi connectivity index (χ4n) is 1.56. The third-order valence-corrected chi connectivity index (χ3v) is 2.22. The molecule has 1 fully saturated rings. The van der Waals surface area contributed by atoms with Gasteiger partial charge in [0.05, 0.1) is 0 Å². The largest absolute Gasteiger partial charge is 0.310 e. The van der Waals surface area contributed by atoms with Crippen molar-refractivity contribution < 1.29 is 0 Å². The molecule has 0 spiro atoms. The SMILES string of the molecule is C=C/C=C\C(=C/C)[C@H]1CCCN1. The maximum Gasteiger partial charge on any atom is 0.0317 e. The summed E-state index contributed by atoms with van der Waals surface area (Å²) in [5.41, 5.74) is 1.38. The molecule has 1 heterocycles. The van der Waals surface area contributed by atoms with Crippen LogP contribution in [0.5, 0.6) is 0 Å². The highest BCUT2D eigenvalue weighted by Crippen LogP contribution is 2.15. The second-order valence-corrected chi connectivity index (χ2v) is 3.03. The first-order valence-corrected chi connectivity index (χ1v) is 4.57. The van der Waals surface area contributed by atoms with Gasteiger partial charge in [-0.1, -0.05) is 30.9 Å². The third kappa shape index (κ3) is 2.35. The Morgan fingerprint density at radius 2 is 2.42 bits per heavy atom. The minimum absolute atomic E-state index is 0.575. The van der Waals surface area contributed by atoms with Gasteiger partial charge in [-0.25, -0.2) is 0 Å². The lowest BCUT2D eigenvalue weighted by molar-refractivity contribution is 0.702. The summed E-state index contributed by atoms with van der Waals surface area (Å²) < 4.78 is 0. The lowest BCUT2D eigenvalue weighted by atomic mass is 10.1. The van der Waals surface area contributed by atoms with Crippen LogP contribution in [0.1, 0.15) is 19.8 Å². The van der Waals surface area contributed by atoms with Crippen LogP contribution in [0, 0.1) is 0 Å². The van der Waals surface area contributed by atoms with Gasteiger partial charge in [-0.05, 0) is 31.9 Å². The van der Waals surface area contributed by atoms with Crippen molar-refractivity contribution in [3.63, 3.8) is 0 Å². The molecule has 12 heavy (non-hydrogen) atoms. The van der Waals surface area contributed by atoms with Gasteiger partial charge < -0.3 is 5.32 Å². The standard InChI is InChI=1S/C11H17N/c1-3-5-7-10(4-2)11-8-6-9-12-11/h3-5,7,11-12H,1,6,8-9H2,2H3/b7-5-,10-4+/t11-/m1/s1. The summed E-state index contributed by atoms with van der Waals surface area (Å²) in [6.45, 7) is 6.90. The van der Waals surface area contributed by atoms with Crippen LogP contribution in [-0.2, 0) is 0 Å². The van der Waals surface area contributed by atoms with Crippen LogP contribution in [0.2, 0.25) is 0 Å². The van der Waals surface area contributed by atoms with Crippen LogP contribution in [0.3, 0.4) is 0 Å². The minimum atomic E-state index is 0.575. The molecule has 1 atom stereocenters. The van der Waals surface area contributed by atoms with Crippen LogP contribution in [-0.4, -0.2) is 12.6 Å². The first-order valence-electron chi connectivity index (χ1n) is 4.57. The number of hydrogen-bond donors (Lipinski definition) is 1. The topological polar surface area (TPSA) is 12.0 Å². The van der Waals surface area contributed by atoms with Crippen LogP contribution in [0.4, 0.5) is 0 Å². The van der Waals surface area contributed by atoms with Gasteiger partial charge in [0.25, 0.3) is 0 Å². The van der Waals surface area contributed by atoms with E-state index in [4.69, 9.17) is 0 Å². The average Bonchev–Trinajstić information content (AvgIpc) is 2.59. The van der Waals surface area contributed by atoms with E-state index in [0.29, 0.717) is 6.04 Å². The van der Waals surface area contributed by atoms with Crippen molar-refractivity contribution in [1.82, 2.24) is 5.32 Å². The Hall–Kier alpha value is -0.820. The summed E-state index contributed by atoms with van der Waals surface area (Å²) in [4.78, 5) is 0. The molecule has 0 radical (unpaired) electrons. The predicted molar refractivity (Wildman–Crippen MR) is 54.1 cm³/mol. The molecule has 0 amide bonds. The summed E-state index contributed by atoms with van der Waals surface area (Å²) in [7, 11) is 0. The van der Waals surface area contributed by atoms with E-state index in [9.17, 15) is 0 Å². The normalized spacial score (nSPS) is 25.1. The third-order valence-electron chi connectivity index (χ3n) is 2.22. The first-order chi connectivity index (χ1) is 5.88. The van der Waals surface area contributed by atoms with Crippen molar-refractivity contribution in [2.24, 2.45) is 0 Å². The maximum absolute atomic E-state index is 3.66. The molecule has 0 bridgehead atoms. The molecular weight excluding hydrogens is 146 g/mol. The van der Waals surface area contributed by atoms with Gasteiger partial charge >= 0.3 is 0 Å². The molecule has 0 aliphatic carbocycles. The molecule has 1 nitrogen and oxygen atoms in total. The lowest BCUT2D eigenvalue weighted by Crippen LogP contribution is -2.22. The van der Waals surface area contributed by atoms with Crippen molar-refractivity contribution in [3.8, 4) is 0 Å². The summed E-state index contributed by atoms with van der Waals surface area (Å²) in [6.07, 6.45) is 10.7. The maximum atomic E-state index is 3.66. The molecule has 1 N–H and O–H groups in total. The Morgan fingerprint density at radius 1 is 1.58 bits per heavy atom. The molecule has 0 aromatic rings. The van der Waals surface area contributed by atoms with Crippen LogP contribution in [0.15, 0.2) is 36.5 Å². The molecule has 1 rings (SSSR count). The second-order valence-electron chi connectivity index (χ2n) is 3.03. The van der Waals surface area contributed by atoms with Gasteiger partial charge in [0.15, 0.2) is 0 Å². The zero-order valence-electron chi connectivity index (χ0n) is 7.72. The van der Waals surface area contributed by atoms with E-state index >= 15 is 0 Å². The van der Waals surface area contributed by atoms with E-state index in [-0.39, 0.29) is 0 Å². The summed E-state index contributed by atoms with van der Waals surface area (Å²) in [6, 6.07) is 0.575. The quantitative estimate of drug-likeness (QED) is 0.630. The van der Waals surface area contributed by atoms with E-state index in [2.05, 4.69) is 31.0 Å². The molecule has 1 aliphatic rings. The van der Waals surface area contributed by atoms with E-state index in [1.165, 1.54) is 18.4 Å². The molecule has 1 heteroatoms. The number of allylic oxidation sites excluding steroid dienone is 3. The van der Waals surface area contributed by atoms with Crippen molar-refractivity contribution >= 4 is 0 Å². The van der Waals surface area contributed by atoms with Crippen LogP contribution in [0.25, 0.3) is 0 Å². The Bertz CT molecular complexity index is 195. The fourth-order valence-corrected chi connectivity index (χ4v) is 1.56. The van der Waals surface area contributed by atoms with E-state index in [1.807, 2.05) is 12.2 Å². The van der Waals surface area contributed by atoms with Crippen molar-refractivity contribution in [2.45, 2.75) is 25.8 Å². The minimum Gasteiger partial charge on any atom is -0.310 e. The molecule has 1 aliphatic heterocycles. The Morgan fingerprint density at radius 3 is 2.92 bits per heavy atom. The van der Waals surface area contributed by atoms with Gasteiger partial charge in [0.2, 0.25) is 0 Å². The van der Waals surface area contributed by atoms with Crippen molar-refractivity contribution in [3.05, 3.63) is 36.5 Å². The first kappa shape index (κ1) is 9.27. The highest BCUT2D eigenvalue weighted by molar-refractivity contribution is 5.27. The molecule has 0 aromatic heterocycles. The highest BCUT2D eigenvalue weighted by atomic mass is 14.9. The fraction of sp³-hybridized carbons (Fsp3) is 0.455. The highest BCUT2D eigenvalue weighted by Gasteiger charge is 2.15. The van der Waals surface area contributed by atoms with Gasteiger partial charge in [0.1, 0.15) is 0 Å². The van der Waals surface area contributed by atoms with Crippen molar-refractivity contribution in [2.75, 3.05) is 6.54 Å². The Kier molecular flexibility index (Phi) is 3.81. The number of hydrogen-bond acceptors (Lipinski definition) is 1. The summed E-state index contributed by atoms with van der Waals surface area (Å²) >= 11 is 0. The van der Waals surface area contributed by atoms with Crippen molar-refractivity contribution in [1.29, 1.82) is 0 Å². The average molecular weight is 163 g/mol.